The van der Waals surface area contributed by atoms with Crippen molar-refractivity contribution in [2.24, 2.45) is 0 Å². The van der Waals surface area contributed by atoms with Gasteiger partial charge in [-0.3, -0.25) is 0 Å². The van der Waals surface area contributed by atoms with Crippen LogP contribution < -0.4 is 5.32 Å². The summed E-state index contributed by atoms with van der Waals surface area (Å²) in [6.45, 7) is 0. The first kappa shape index (κ1) is 10.5. The minimum Gasteiger partial charge on any atom is -0.467 e. The van der Waals surface area contributed by atoms with Crippen molar-refractivity contribution in [3.05, 3.63) is 28.7 Å². The molecule has 80 valence electrons. The number of anilines is 1. The van der Waals surface area contributed by atoms with Crippen molar-refractivity contribution in [2.75, 3.05) is 12.4 Å². The van der Waals surface area contributed by atoms with Crippen LogP contribution in [0.15, 0.2) is 28.7 Å². The fourth-order valence-corrected chi connectivity index (χ4v) is 1.77. The van der Waals surface area contributed by atoms with Crippen LogP contribution in [0.3, 0.4) is 0 Å². The lowest BCUT2D eigenvalue weighted by molar-refractivity contribution is -0.142. The predicted molar refractivity (Wildman–Crippen MR) is 61.7 cm³/mol. The second kappa shape index (κ2) is 3.85. The first-order chi connectivity index (χ1) is 7.16. The van der Waals surface area contributed by atoms with Crippen molar-refractivity contribution in [1.82, 2.24) is 0 Å². The summed E-state index contributed by atoms with van der Waals surface area (Å²) in [4.78, 5) is 11.5. The molecule has 1 N–H and O–H groups in total. The molecule has 0 radical (unpaired) electrons. The molecule has 3 nitrogen and oxygen atoms in total. The first-order valence-corrected chi connectivity index (χ1v) is 5.58. The maximum absolute atomic E-state index is 11.5. The van der Waals surface area contributed by atoms with E-state index in [1.54, 1.807) is 0 Å². The second-order valence-corrected chi connectivity index (χ2v) is 4.62. The van der Waals surface area contributed by atoms with Crippen LogP contribution in [0.25, 0.3) is 0 Å². The third kappa shape index (κ3) is 2.15. The molecule has 15 heavy (non-hydrogen) atoms. The summed E-state index contributed by atoms with van der Waals surface area (Å²) in [5, 5.41) is 3.21. The van der Waals surface area contributed by atoms with Gasteiger partial charge in [-0.25, -0.2) is 4.79 Å². The van der Waals surface area contributed by atoms with Gasteiger partial charge in [-0.15, -0.1) is 0 Å². The van der Waals surface area contributed by atoms with Gasteiger partial charge in [0.15, 0.2) is 0 Å². The summed E-state index contributed by atoms with van der Waals surface area (Å²) >= 11 is 3.36. The minimum absolute atomic E-state index is 0.176. The third-order valence-electron chi connectivity index (χ3n) is 2.55. The Morgan fingerprint density at radius 1 is 1.40 bits per heavy atom. The van der Waals surface area contributed by atoms with E-state index in [0.717, 1.165) is 23.0 Å². The average molecular weight is 270 g/mol. The number of ether oxygens (including phenoxy) is 1. The Morgan fingerprint density at radius 2 is 2.00 bits per heavy atom. The van der Waals surface area contributed by atoms with E-state index in [1.807, 2.05) is 24.3 Å². The maximum Gasteiger partial charge on any atom is 0.331 e. The number of carbonyl (C=O) groups is 1. The molecule has 1 aliphatic rings. The monoisotopic (exact) mass is 269 g/mol. The van der Waals surface area contributed by atoms with E-state index in [-0.39, 0.29) is 5.97 Å². The summed E-state index contributed by atoms with van der Waals surface area (Å²) in [5.74, 6) is -0.176. The third-order valence-corrected chi connectivity index (χ3v) is 3.08. The summed E-state index contributed by atoms with van der Waals surface area (Å²) in [5.41, 5.74) is 0.476. The molecule has 4 heteroatoms. The standard InChI is InChI=1S/C11H12BrNO2/c1-15-10(14)11(6-7-11)13-9-4-2-8(12)3-5-9/h2-5,13H,6-7H2,1H3. The highest BCUT2D eigenvalue weighted by Gasteiger charge is 2.51. The zero-order chi connectivity index (χ0) is 10.9. The fraction of sp³-hybridized carbons (Fsp3) is 0.364. The van der Waals surface area contributed by atoms with Gasteiger partial charge in [0.05, 0.1) is 7.11 Å². The average Bonchev–Trinajstić information content (AvgIpc) is 3.01. The molecule has 0 unspecified atom stereocenters. The Morgan fingerprint density at radius 3 is 2.47 bits per heavy atom. The highest BCUT2D eigenvalue weighted by atomic mass is 79.9. The smallest absolute Gasteiger partial charge is 0.331 e. The number of halogens is 1. The highest BCUT2D eigenvalue weighted by Crippen LogP contribution is 2.40. The topological polar surface area (TPSA) is 38.3 Å². The number of hydrogen-bond donors (Lipinski definition) is 1. The van der Waals surface area contributed by atoms with E-state index in [9.17, 15) is 4.79 Å². The number of hydrogen-bond acceptors (Lipinski definition) is 3. The van der Waals surface area contributed by atoms with Gasteiger partial charge in [-0.1, -0.05) is 15.9 Å². The quantitative estimate of drug-likeness (QED) is 0.858. The molecule has 0 amide bonds. The second-order valence-electron chi connectivity index (χ2n) is 3.71. The van der Waals surface area contributed by atoms with Crippen LogP contribution in [0.4, 0.5) is 5.69 Å². The summed E-state index contributed by atoms with van der Waals surface area (Å²) in [6.07, 6.45) is 1.69. The van der Waals surface area contributed by atoms with Crippen molar-refractivity contribution in [2.45, 2.75) is 18.4 Å². The number of carbonyl (C=O) groups excluding carboxylic acids is 1. The van der Waals surface area contributed by atoms with Crippen LogP contribution in [0.1, 0.15) is 12.8 Å². The van der Waals surface area contributed by atoms with E-state index >= 15 is 0 Å². The Kier molecular flexibility index (Phi) is 2.69. The summed E-state index contributed by atoms with van der Waals surface area (Å²) in [7, 11) is 1.42. The maximum atomic E-state index is 11.5. The van der Waals surface area contributed by atoms with E-state index in [2.05, 4.69) is 21.2 Å². The van der Waals surface area contributed by atoms with E-state index in [4.69, 9.17) is 4.74 Å². The largest absolute Gasteiger partial charge is 0.467 e. The number of methoxy groups -OCH3 is 1. The van der Waals surface area contributed by atoms with Crippen molar-refractivity contribution in [3.8, 4) is 0 Å². The molecule has 0 heterocycles. The molecule has 0 spiro atoms. The van der Waals surface area contributed by atoms with Crippen LogP contribution in [0.5, 0.6) is 0 Å². The molecule has 2 rings (SSSR count). The van der Waals surface area contributed by atoms with E-state index in [1.165, 1.54) is 7.11 Å². The van der Waals surface area contributed by atoms with Crippen molar-refractivity contribution >= 4 is 27.6 Å². The van der Waals surface area contributed by atoms with Crippen LogP contribution in [0.2, 0.25) is 0 Å². The molecule has 0 saturated heterocycles. The van der Waals surface area contributed by atoms with E-state index < -0.39 is 5.54 Å². The zero-order valence-corrected chi connectivity index (χ0v) is 10.0. The highest BCUT2D eigenvalue weighted by molar-refractivity contribution is 9.10. The van der Waals surface area contributed by atoms with Crippen molar-refractivity contribution in [3.63, 3.8) is 0 Å². The van der Waals surface area contributed by atoms with E-state index in [0.29, 0.717) is 0 Å². The van der Waals surface area contributed by atoms with Gasteiger partial charge in [0.1, 0.15) is 5.54 Å². The number of benzene rings is 1. The number of nitrogens with one attached hydrogen (secondary N) is 1. The van der Waals surface area contributed by atoms with Gasteiger partial charge in [0.25, 0.3) is 0 Å². The Hall–Kier alpha value is -1.03. The normalized spacial score (nSPS) is 16.9. The fourth-order valence-electron chi connectivity index (χ4n) is 1.51. The van der Waals surface area contributed by atoms with Gasteiger partial charge in [-0.2, -0.15) is 0 Å². The van der Waals surface area contributed by atoms with Crippen LogP contribution in [-0.4, -0.2) is 18.6 Å². The van der Waals surface area contributed by atoms with Gasteiger partial charge < -0.3 is 10.1 Å². The molecule has 1 aromatic carbocycles. The summed E-state index contributed by atoms with van der Waals surface area (Å²) < 4.78 is 5.79. The SMILES string of the molecule is COC(=O)C1(Nc2ccc(Br)cc2)CC1. The molecule has 0 aromatic heterocycles. The van der Waals surface area contributed by atoms with Gasteiger partial charge in [0.2, 0.25) is 0 Å². The Bertz CT molecular complexity index is 371. The Labute approximate surface area is 96.9 Å². The predicted octanol–water partition coefficient (Wildman–Crippen LogP) is 2.57. The Balaban J connectivity index is 2.09. The van der Waals surface area contributed by atoms with Gasteiger partial charge in [-0.05, 0) is 37.1 Å². The molecule has 1 aromatic rings. The van der Waals surface area contributed by atoms with Crippen LogP contribution >= 0.6 is 15.9 Å². The lowest BCUT2D eigenvalue weighted by Gasteiger charge is -2.15. The molecule has 1 aliphatic carbocycles. The van der Waals surface area contributed by atoms with Crippen LogP contribution in [0, 0.1) is 0 Å². The molecule has 0 bridgehead atoms. The lowest BCUT2D eigenvalue weighted by atomic mass is 10.2. The lowest BCUT2D eigenvalue weighted by Crippen LogP contribution is -2.32. The first-order valence-electron chi connectivity index (χ1n) is 4.78. The molecular formula is C11H12BrNO2. The minimum atomic E-state index is -0.470. The van der Waals surface area contributed by atoms with Gasteiger partial charge in [0, 0.05) is 10.2 Å². The summed E-state index contributed by atoms with van der Waals surface area (Å²) in [6, 6.07) is 7.76. The van der Waals surface area contributed by atoms with Gasteiger partial charge >= 0.3 is 5.97 Å². The van der Waals surface area contributed by atoms with Crippen molar-refractivity contribution in [1.29, 1.82) is 0 Å². The number of rotatable bonds is 3. The molecule has 1 saturated carbocycles. The zero-order valence-electron chi connectivity index (χ0n) is 8.42. The van der Waals surface area contributed by atoms with Crippen molar-refractivity contribution < 1.29 is 9.53 Å². The molecule has 0 atom stereocenters. The number of esters is 1. The molecular weight excluding hydrogens is 258 g/mol. The van der Waals surface area contributed by atoms with Crippen LogP contribution in [-0.2, 0) is 9.53 Å². The molecule has 1 fully saturated rings. The molecule has 0 aliphatic heterocycles.